The SMILES string of the molecule is CCNC(=NCc1cccc(C(=O)NCc2ccco2)c1)NCCCOCCOC.I. The van der Waals surface area contributed by atoms with Crippen LogP contribution < -0.4 is 16.0 Å². The first-order valence-corrected chi connectivity index (χ1v) is 10.2. The van der Waals surface area contributed by atoms with Crippen molar-refractivity contribution in [1.29, 1.82) is 0 Å². The number of methoxy groups -OCH3 is 1. The molecule has 0 saturated heterocycles. The van der Waals surface area contributed by atoms with Gasteiger partial charge in [-0.05, 0) is 43.2 Å². The summed E-state index contributed by atoms with van der Waals surface area (Å²) in [6.07, 6.45) is 2.46. The number of ether oxygens (including phenoxy) is 2. The van der Waals surface area contributed by atoms with Crippen LogP contribution in [0.15, 0.2) is 52.1 Å². The normalized spacial score (nSPS) is 11.0. The van der Waals surface area contributed by atoms with Gasteiger partial charge in [-0.2, -0.15) is 0 Å². The number of furan rings is 1. The van der Waals surface area contributed by atoms with Gasteiger partial charge in [0, 0.05) is 32.4 Å². The van der Waals surface area contributed by atoms with Crippen LogP contribution in [0.2, 0.25) is 0 Å². The Morgan fingerprint density at radius 3 is 2.71 bits per heavy atom. The maximum atomic E-state index is 12.4. The molecule has 1 heterocycles. The van der Waals surface area contributed by atoms with Crippen molar-refractivity contribution in [3.05, 3.63) is 59.5 Å². The van der Waals surface area contributed by atoms with Gasteiger partial charge in [-0.1, -0.05) is 12.1 Å². The van der Waals surface area contributed by atoms with Gasteiger partial charge in [-0.3, -0.25) is 4.79 Å². The summed E-state index contributed by atoms with van der Waals surface area (Å²) in [5.74, 6) is 1.31. The molecular formula is C22H33IN4O4. The standard InChI is InChI=1S/C22H32N4O4.HI/c1-3-23-22(24-10-6-11-29-14-13-28-2)26-16-18-7-4-8-19(15-18)21(27)25-17-20-9-5-12-30-20;/h4-5,7-9,12,15H,3,6,10-11,13-14,16-17H2,1-2H3,(H,25,27)(H2,23,24,26);1H. The van der Waals surface area contributed by atoms with Gasteiger partial charge in [0.25, 0.3) is 5.91 Å². The zero-order valence-corrected chi connectivity index (χ0v) is 20.5. The molecular weight excluding hydrogens is 511 g/mol. The number of guanidine groups is 1. The molecule has 0 spiro atoms. The second kappa shape index (κ2) is 16.6. The average Bonchev–Trinajstić information content (AvgIpc) is 3.29. The lowest BCUT2D eigenvalue weighted by atomic mass is 10.1. The van der Waals surface area contributed by atoms with E-state index in [1.165, 1.54) is 0 Å². The number of nitrogens with zero attached hydrogens (tertiary/aromatic N) is 1. The van der Waals surface area contributed by atoms with E-state index in [2.05, 4.69) is 20.9 Å². The minimum Gasteiger partial charge on any atom is -0.467 e. The van der Waals surface area contributed by atoms with E-state index in [4.69, 9.17) is 13.9 Å². The largest absolute Gasteiger partial charge is 0.467 e. The number of carbonyl (C=O) groups is 1. The number of hydrogen-bond donors (Lipinski definition) is 3. The summed E-state index contributed by atoms with van der Waals surface area (Å²) in [5, 5.41) is 9.37. The van der Waals surface area contributed by atoms with Gasteiger partial charge in [0.05, 0.1) is 32.6 Å². The van der Waals surface area contributed by atoms with Gasteiger partial charge in [0.2, 0.25) is 0 Å². The molecule has 2 rings (SSSR count). The van der Waals surface area contributed by atoms with Crippen LogP contribution in [0, 0.1) is 0 Å². The zero-order chi connectivity index (χ0) is 21.4. The Kier molecular flexibility index (Phi) is 14.4. The summed E-state index contributed by atoms with van der Waals surface area (Å²) in [5.41, 5.74) is 1.56. The Morgan fingerprint density at radius 2 is 1.97 bits per heavy atom. The summed E-state index contributed by atoms with van der Waals surface area (Å²) in [6, 6.07) is 11.1. The third-order valence-electron chi connectivity index (χ3n) is 4.15. The number of rotatable bonds is 13. The van der Waals surface area contributed by atoms with Crippen molar-refractivity contribution >= 4 is 35.8 Å². The van der Waals surface area contributed by atoms with Crippen LogP contribution in [0.25, 0.3) is 0 Å². The van der Waals surface area contributed by atoms with E-state index >= 15 is 0 Å². The van der Waals surface area contributed by atoms with Crippen LogP contribution in [0.5, 0.6) is 0 Å². The van der Waals surface area contributed by atoms with Gasteiger partial charge in [0.15, 0.2) is 5.96 Å². The second-order valence-electron chi connectivity index (χ2n) is 6.54. The Labute approximate surface area is 201 Å². The highest BCUT2D eigenvalue weighted by Crippen LogP contribution is 2.08. The molecule has 0 radical (unpaired) electrons. The van der Waals surface area contributed by atoms with Gasteiger partial charge in [-0.25, -0.2) is 4.99 Å². The highest BCUT2D eigenvalue weighted by molar-refractivity contribution is 14.0. The second-order valence-corrected chi connectivity index (χ2v) is 6.54. The summed E-state index contributed by atoms with van der Waals surface area (Å²) in [6.45, 7) is 6.27. The van der Waals surface area contributed by atoms with Crippen molar-refractivity contribution in [3.63, 3.8) is 0 Å². The molecule has 0 fully saturated rings. The van der Waals surface area contributed by atoms with Crippen LogP contribution in [0.4, 0.5) is 0 Å². The molecule has 2 aromatic rings. The Balaban J connectivity index is 0.00000480. The summed E-state index contributed by atoms with van der Waals surface area (Å²) >= 11 is 0. The topological polar surface area (TPSA) is 97.1 Å². The molecule has 8 nitrogen and oxygen atoms in total. The summed E-state index contributed by atoms with van der Waals surface area (Å²) in [7, 11) is 1.66. The van der Waals surface area contributed by atoms with Gasteiger partial charge in [-0.15, -0.1) is 24.0 Å². The van der Waals surface area contributed by atoms with E-state index in [-0.39, 0.29) is 29.9 Å². The van der Waals surface area contributed by atoms with Crippen molar-refractivity contribution in [3.8, 4) is 0 Å². The number of benzene rings is 1. The lowest BCUT2D eigenvalue weighted by Gasteiger charge is -2.11. The van der Waals surface area contributed by atoms with E-state index in [0.29, 0.717) is 38.5 Å². The molecule has 1 amide bonds. The average molecular weight is 544 g/mol. The van der Waals surface area contributed by atoms with Crippen LogP contribution in [-0.4, -0.2) is 51.9 Å². The Hall–Kier alpha value is -2.11. The fourth-order valence-corrected chi connectivity index (χ4v) is 2.63. The first kappa shape index (κ1) is 26.9. The van der Waals surface area contributed by atoms with Crippen molar-refractivity contribution in [1.82, 2.24) is 16.0 Å². The highest BCUT2D eigenvalue weighted by atomic mass is 127. The molecule has 0 bridgehead atoms. The van der Waals surface area contributed by atoms with Crippen LogP contribution in [0.1, 0.15) is 35.0 Å². The van der Waals surface area contributed by atoms with E-state index in [1.54, 1.807) is 25.5 Å². The molecule has 0 aliphatic heterocycles. The number of halogens is 1. The first-order valence-electron chi connectivity index (χ1n) is 10.2. The number of carbonyl (C=O) groups excluding carboxylic acids is 1. The maximum Gasteiger partial charge on any atom is 0.251 e. The molecule has 3 N–H and O–H groups in total. The Bertz CT molecular complexity index is 769. The van der Waals surface area contributed by atoms with Crippen LogP contribution >= 0.6 is 24.0 Å². The van der Waals surface area contributed by atoms with Crippen LogP contribution in [-0.2, 0) is 22.6 Å². The van der Waals surface area contributed by atoms with Gasteiger partial charge < -0.3 is 29.8 Å². The lowest BCUT2D eigenvalue weighted by molar-refractivity contribution is 0.0698. The molecule has 9 heteroatoms. The van der Waals surface area contributed by atoms with Crippen molar-refractivity contribution in [2.45, 2.75) is 26.4 Å². The first-order chi connectivity index (χ1) is 14.7. The van der Waals surface area contributed by atoms with Crippen LogP contribution in [0.3, 0.4) is 0 Å². The third-order valence-corrected chi connectivity index (χ3v) is 4.15. The maximum absolute atomic E-state index is 12.4. The molecule has 0 atom stereocenters. The predicted octanol–water partition coefficient (Wildman–Crippen LogP) is 2.94. The zero-order valence-electron chi connectivity index (χ0n) is 18.2. The minimum atomic E-state index is -0.143. The fourth-order valence-electron chi connectivity index (χ4n) is 2.63. The summed E-state index contributed by atoms with van der Waals surface area (Å²) in [4.78, 5) is 17.0. The fraction of sp³-hybridized carbons (Fsp3) is 0.455. The molecule has 172 valence electrons. The van der Waals surface area contributed by atoms with Crippen molar-refractivity contribution in [2.75, 3.05) is 40.0 Å². The van der Waals surface area contributed by atoms with Gasteiger partial charge in [0.1, 0.15) is 5.76 Å². The minimum absolute atomic E-state index is 0. The number of amides is 1. The summed E-state index contributed by atoms with van der Waals surface area (Å²) < 4.78 is 15.6. The van der Waals surface area contributed by atoms with Gasteiger partial charge >= 0.3 is 0 Å². The van der Waals surface area contributed by atoms with E-state index in [0.717, 1.165) is 36.8 Å². The van der Waals surface area contributed by atoms with E-state index < -0.39 is 0 Å². The number of aliphatic imine (C=N–C) groups is 1. The van der Waals surface area contributed by atoms with Crippen molar-refractivity contribution in [2.24, 2.45) is 4.99 Å². The molecule has 0 saturated carbocycles. The predicted molar refractivity (Wildman–Crippen MR) is 132 cm³/mol. The molecule has 1 aromatic heterocycles. The number of hydrogen-bond acceptors (Lipinski definition) is 5. The van der Waals surface area contributed by atoms with E-state index in [9.17, 15) is 4.79 Å². The molecule has 31 heavy (non-hydrogen) atoms. The highest BCUT2D eigenvalue weighted by Gasteiger charge is 2.07. The molecule has 1 aromatic carbocycles. The lowest BCUT2D eigenvalue weighted by Crippen LogP contribution is -2.38. The smallest absolute Gasteiger partial charge is 0.251 e. The Morgan fingerprint density at radius 1 is 1.10 bits per heavy atom. The quantitative estimate of drug-likeness (QED) is 0.155. The van der Waals surface area contributed by atoms with E-state index in [1.807, 2.05) is 31.2 Å². The third kappa shape index (κ3) is 11.2. The molecule has 0 unspecified atom stereocenters. The van der Waals surface area contributed by atoms with Crippen molar-refractivity contribution < 1.29 is 18.7 Å². The molecule has 0 aliphatic carbocycles. The monoisotopic (exact) mass is 544 g/mol. The number of nitrogens with one attached hydrogen (secondary N) is 3. The molecule has 0 aliphatic rings.